The number of aromatic nitrogens is 2. The van der Waals surface area contributed by atoms with E-state index in [9.17, 15) is 13.2 Å². The second-order valence-electron chi connectivity index (χ2n) is 6.00. The van der Waals surface area contributed by atoms with Crippen molar-refractivity contribution >= 4 is 15.9 Å². The average molecular weight is 326 g/mol. The molecule has 3 rings (SSSR count). The van der Waals surface area contributed by atoms with Gasteiger partial charge in [0.1, 0.15) is 0 Å². The Morgan fingerprint density at radius 1 is 1.32 bits per heavy atom. The fraction of sp³-hybridized carbons (Fsp3) is 0.714. The van der Waals surface area contributed by atoms with Crippen LogP contribution in [0.5, 0.6) is 0 Å². The summed E-state index contributed by atoms with van der Waals surface area (Å²) in [5, 5.41) is 3.09. The van der Waals surface area contributed by atoms with Crippen molar-refractivity contribution in [3.05, 3.63) is 12.5 Å². The fourth-order valence-corrected chi connectivity index (χ4v) is 4.09. The third-order valence-electron chi connectivity index (χ3n) is 4.33. The number of piperidine rings is 1. The number of nitrogens with one attached hydrogen (secondary N) is 1. The molecule has 0 unspecified atom stereocenters. The minimum atomic E-state index is -3.54. The SMILES string of the molecule is CCn1cnc(S(=O)(=O)N2CCC(C(=O)NC3CC3)CC2)c1. The lowest BCUT2D eigenvalue weighted by molar-refractivity contribution is -0.126. The summed E-state index contributed by atoms with van der Waals surface area (Å²) >= 11 is 0. The molecule has 1 saturated heterocycles. The molecule has 122 valence electrons. The van der Waals surface area contributed by atoms with Crippen LogP contribution in [-0.2, 0) is 21.4 Å². The molecule has 2 heterocycles. The summed E-state index contributed by atoms with van der Waals surface area (Å²) in [5.41, 5.74) is 0. The summed E-state index contributed by atoms with van der Waals surface area (Å²) in [6.45, 7) is 3.38. The van der Waals surface area contributed by atoms with E-state index in [2.05, 4.69) is 10.3 Å². The Morgan fingerprint density at radius 3 is 2.55 bits per heavy atom. The van der Waals surface area contributed by atoms with Crippen molar-refractivity contribution in [3.8, 4) is 0 Å². The Bertz CT molecular complexity index is 643. The Morgan fingerprint density at radius 2 is 2.00 bits per heavy atom. The zero-order valence-electron chi connectivity index (χ0n) is 12.7. The van der Waals surface area contributed by atoms with Gasteiger partial charge in [0.05, 0.1) is 6.33 Å². The summed E-state index contributed by atoms with van der Waals surface area (Å²) in [4.78, 5) is 16.0. The molecule has 1 aliphatic carbocycles. The van der Waals surface area contributed by atoms with E-state index in [0.717, 1.165) is 12.8 Å². The zero-order chi connectivity index (χ0) is 15.7. The number of aryl methyl sites for hydroxylation is 1. The number of sulfonamides is 1. The van der Waals surface area contributed by atoms with Crippen LogP contribution in [0.1, 0.15) is 32.6 Å². The lowest BCUT2D eigenvalue weighted by atomic mass is 9.97. The number of nitrogens with zero attached hydrogens (tertiary/aromatic N) is 3. The molecule has 8 heteroatoms. The van der Waals surface area contributed by atoms with Gasteiger partial charge in [-0.1, -0.05) is 0 Å². The molecule has 1 amide bonds. The number of amides is 1. The average Bonchev–Trinajstić information content (AvgIpc) is 3.19. The normalized spacial score (nSPS) is 21.0. The van der Waals surface area contributed by atoms with Crippen LogP contribution in [0.25, 0.3) is 0 Å². The van der Waals surface area contributed by atoms with Crippen molar-refractivity contribution in [2.45, 2.75) is 50.2 Å². The predicted octanol–water partition coefficient (Wildman–Crippen LogP) is 0.582. The van der Waals surface area contributed by atoms with Crippen LogP contribution in [0, 0.1) is 5.92 Å². The zero-order valence-corrected chi connectivity index (χ0v) is 13.6. The van der Waals surface area contributed by atoms with E-state index in [4.69, 9.17) is 0 Å². The molecule has 1 saturated carbocycles. The summed E-state index contributed by atoms with van der Waals surface area (Å²) < 4.78 is 28.2. The first-order chi connectivity index (χ1) is 10.5. The maximum Gasteiger partial charge on any atom is 0.262 e. The highest BCUT2D eigenvalue weighted by Crippen LogP contribution is 2.25. The van der Waals surface area contributed by atoms with Crippen LogP contribution >= 0.6 is 0 Å². The minimum absolute atomic E-state index is 0.0692. The van der Waals surface area contributed by atoms with Crippen molar-refractivity contribution in [2.24, 2.45) is 5.92 Å². The third-order valence-corrected chi connectivity index (χ3v) is 6.11. The number of carbonyl (C=O) groups is 1. The van der Waals surface area contributed by atoms with Gasteiger partial charge in [-0.2, -0.15) is 4.31 Å². The van der Waals surface area contributed by atoms with E-state index < -0.39 is 10.0 Å². The third kappa shape index (κ3) is 3.17. The van der Waals surface area contributed by atoms with E-state index in [0.29, 0.717) is 38.5 Å². The molecule has 0 spiro atoms. The summed E-state index contributed by atoms with van der Waals surface area (Å²) in [5.74, 6) is 0.00931. The number of hydrogen-bond donors (Lipinski definition) is 1. The largest absolute Gasteiger partial charge is 0.353 e. The second kappa shape index (κ2) is 6.00. The highest BCUT2D eigenvalue weighted by molar-refractivity contribution is 7.89. The van der Waals surface area contributed by atoms with E-state index in [-0.39, 0.29) is 16.9 Å². The molecule has 1 N–H and O–H groups in total. The molecule has 0 atom stereocenters. The lowest BCUT2D eigenvalue weighted by Crippen LogP contribution is -2.43. The summed E-state index contributed by atoms with van der Waals surface area (Å²) in [6.07, 6.45) is 6.38. The van der Waals surface area contributed by atoms with Crippen LogP contribution in [-0.4, -0.2) is 47.3 Å². The van der Waals surface area contributed by atoms with Crippen LogP contribution in [0.2, 0.25) is 0 Å². The van der Waals surface area contributed by atoms with Gasteiger partial charge in [-0.15, -0.1) is 0 Å². The van der Waals surface area contributed by atoms with E-state index in [1.165, 1.54) is 10.6 Å². The van der Waals surface area contributed by atoms with E-state index in [1.807, 2.05) is 6.92 Å². The predicted molar refractivity (Wildman–Crippen MR) is 80.5 cm³/mol. The minimum Gasteiger partial charge on any atom is -0.353 e. The standard InChI is InChI=1S/C14H22N4O3S/c1-2-17-9-13(15-10-17)22(20,21)18-7-5-11(6-8-18)14(19)16-12-3-4-12/h9-12H,2-8H2,1H3,(H,16,19). The van der Waals surface area contributed by atoms with Gasteiger partial charge in [-0.05, 0) is 32.6 Å². The summed E-state index contributed by atoms with van der Waals surface area (Å²) in [7, 11) is -3.54. The maximum absolute atomic E-state index is 12.5. The molecule has 0 aromatic carbocycles. The number of hydrogen-bond acceptors (Lipinski definition) is 4. The highest BCUT2D eigenvalue weighted by atomic mass is 32.2. The molecular weight excluding hydrogens is 304 g/mol. The molecule has 0 radical (unpaired) electrons. The van der Waals surface area contributed by atoms with Crippen molar-refractivity contribution in [1.29, 1.82) is 0 Å². The smallest absolute Gasteiger partial charge is 0.262 e. The molecule has 22 heavy (non-hydrogen) atoms. The lowest BCUT2D eigenvalue weighted by Gasteiger charge is -2.29. The van der Waals surface area contributed by atoms with Gasteiger partial charge in [-0.25, -0.2) is 13.4 Å². The Hall–Kier alpha value is -1.41. The van der Waals surface area contributed by atoms with Gasteiger partial charge in [0.15, 0.2) is 5.03 Å². The Labute approximate surface area is 130 Å². The molecule has 1 aliphatic heterocycles. The van der Waals surface area contributed by atoms with Crippen LogP contribution in [0.3, 0.4) is 0 Å². The van der Waals surface area contributed by atoms with Crippen molar-refractivity contribution in [2.75, 3.05) is 13.1 Å². The van der Waals surface area contributed by atoms with Crippen LogP contribution in [0.4, 0.5) is 0 Å². The highest BCUT2D eigenvalue weighted by Gasteiger charge is 2.34. The monoisotopic (exact) mass is 326 g/mol. The number of imidazole rings is 1. The van der Waals surface area contributed by atoms with Crippen molar-refractivity contribution < 1.29 is 13.2 Å². The second-order valence-corrected chi connectivity index (χ2v) is 7.89. The first-order valence-electron chi connectivity index (χ1n) is 7.83. The van der Waals surface area contributed by atoms with Gasteiger partial charge in [0.2, 0.25) is 5.91 Å². The molecule has 0 bridgehead atoms. The number of rotatable bonds is 5. The maximum atomic E-state index is 12.5. The quantitative estimate of drug-likeness (QED) is 0.858. The molecule has 7 nitrogen and oxygen atoms in total. The molecular formula is C14H22N4O3S. The van der Waals surface area contributed by atoms with Gasteiger partial charge >= 0.3 is 0 Å². The first kappa shape index (κ1) is 15.5. The molecule has 2 aliphatic rings. The summed E-state index contributed by atoms with van der Waals surface area (Å²) in [6, 6.07) is 0.354. The molecule has 1 aromatic heterocycles. The Kier molecular flexibility index (Phi) is 4.22. The van der Waals surface area contributed by atoms with Crippen molar-refractivity contribution in [1.82, 2.24) is 19.2 Å². The van der Waals surface area contributed by atoms with Crippen LogP contribution < -0.4 is 5.32 Å². The van der Waals surface area contributed by atoms with E-state index >= 15 is 0 Å². The number of carbonyl (C=O) groups excluding carboxylic acids is 1. The van der Waals surface area contributed by atoms with Crippen LogP contribution in [0.15, 0.2) is 17.6 Å². The topological polar surface area (TPSA) is 84.3 Å². The molecule has 2 fully saturated rings. The Balaban J connectivity index is 1.61. The van der Waals surface area contributed by atoms with Gasteiger partial charge in [0, 0.05) is 37.8 Å². The van der Waals surface area contributed by atoms with Gasteiger partial charge in [-0.3, -0.25) is 4.79 Å². The fourth-order valence-electron chi connectivity index (χ4n) is 2.68. The van der Waals surface area contributed by atoms with Gasteiger partial charge in [0.25, 0.3) is 10.0 Å². The van der Waals surface area contributed by atoms with E-state index in [1.54, 1.807) is 10.8 Å². The van der Waals surface area contributed by atoms with Gasteiger partial charge < -0.3 is 9.88 Å². The molecule has 1 aromatic rings. The van der Waals surface area contributed by atoms with Crippen molar-refractivity contribution in [3.63, 3.8) is 0 Å². The first-order valence-corrected chi connectivity index (χ1v) is 9.27.